The normalized spacial score (nSPS) is 17.9. The molecule has 0 N–H and O–H groups in total. The quantitative estimate of drug-likeness (QED) is 0.542. The zero-order chi connectivity index (χ0) is 12.1. The van der Waals surface area contributed by atoms with Gasteiger partial charge >= 0.3 is 0 Å². The summed E-state index contributed by atoms with van der Waals surface area (Å²) in [5, 5.41) is 0. The second kappa shape index (κ2) is 6.07. The molecule has 89 valence electrons. The summed E-state index contributed by atoms with van der Waals surface area (Å²) in [6, 6.07) is 13.2. The van der Waals surface area contributed by atoms with Crippen LogP contribution in [0.3, 0.4) is 0 Å². The Kier molecular flexibility index (Phi) is 4.45. The molecule has 1 aromatic rings. The van der Waals surface area contributed by atoms with Gasteiger partial charge in [-0.2, -0.15) is 0 Å². The van der Waals surface area contributed by atoms with Gasteiger partial charge in [0.1, 0.15) is 0 Å². The van der Waals surface area contributed by atoms with E-state index < -0.39 is 0 Å². The van der Waals surface area contributed by atoms with Crippen molar-refractivity contribution in [2.45, 2.75) is 50.2 Å². The molecule has 1 aromatic carbocycles. The van der Waals surface area contributed by atoms with Crippen LogP contribution in [0.4, 0.5) is 0 Å². The van der Waals surface area contributed by atoms with Gasteiger partial charge < -0.3 is 0 Å². The van der Waals surface area contributed by atoms with Crippen LogP contribution in [0.2, 0.25) is 18.1 Å². The lowest BCUT2D eigenvalue weighted by Gasteiger charge is -2.27. The first-order valence-electron chi connectivity index (χ1n) is 6.73. The maximum absolute atomic E-state index is 5.38. The molecule has 0 aromatic heterocycles. The van der Waals surface area contributed by atoms with Gasteiger partial charge in [-0.1, -0.05) is 49.5 Å². The predicted molar refractivity (Wildman–Crippen MR) is 76.8 cm³/mol. The zero-order valence-electron chi connectivity index (χ0n) is 10.7. The summed E-state index contributed by atoms with van der Waals surface area (Å²) in [6.07, 6.45) is 9.58. The van der Waals surface area contributed by atoms with E-state index in [0.29, 0.717) is 0 Å². The topological polar surface area (TPSA) is 0 Å². The summed E-state index contributed by atoms with van der Waals surface area (Å²) in [4.78, 5) is 0. The molecule has 0 unspecified atom stereocenters. The van der Waals surface area contributed by atoms with Gasteiger partial charge in [0.15, 0.2) is 0 Å². The Balaban J connectivity index is 1.94. The molecule has 1 heterocycles. The molecule has 1 saturated heterocycles. The van der Waals surface area contributed by atoms with E-state index in [4.69, 9.17) is 6.42 Å². The van der Waals surface area contributed by atoms with Crippen molar-refractivity contribution in [3.05, 3.63) is 35.4 Å². The lowest BCUT2D eigenvalue weighted by atomic mass is 9.93. The summed E-state index contributed by atoms with van der Waals surface area (Å²) >= 11 is 0. The van der Waals surface area contributed by atoms with Gasteiger partial charge in [0.2, 0.25) is 0 Å². The average molecular weight is 241 g/mol. The van der Waals surface area contributed by atoms with Gasteiger partial charge in [-0.3, -0.25) is 0 Å². The third-order valence-electron chi connectivity index (χ3n) is 3.85. The van der Waals surface area contributed by atoms with Gasteiger partial charge in [-0.15, -0.1) is 6.42 Å². The third-order valence-corrected chi connectivity index (χ3v) is 7.04. The number of terminal acetylenes is 1. The summed E-state index contributed by atoms with van der Waals surface area (Å²) < 4.78 is 0. The van der Waals surface area contributed by atoms with E-state index in [1.807, 2.05) is 0 Å². The molecule has 0 nitrogen and oxygen atoms in total. The van der Waals surface area contributed by atoms with Crippen molar-refractivity contribution in [3.8, 4) is 12.3 Å². The minimum absolute atomic E-state index is 0.0165. The van der Waals surface area contributed by atoms with Crippen molar-refractivity contribution in [3.63, 3.8) is 0 Å². The molecule has 1 heteroatoms. The van der Waals surface area contributed by atoms with Crippen LogP contribution in [-0.4, -0.2) is 8.80 Å². The molecule has 0 saturated carbocycles. The van der Waals surface area contributed by atoms with Crippen molar-refractivity contribution >= 4 is 8.80 Å². The van der Waals surface area contributed by atoms with E-state index in [1.54, 1.807) is 0 Å². The minimum Gasteiger partial charge on any atom is -0.115 e. The molecule has 1 radical (unpaired) electrons. The Labute approximate surface area is 107 Å². The fourth-order valence-electron chi connectivity index (χ4n) is 2.81. The number of hydrogen-bond donors (Lipinski definition) is 0. The summed E-state index contributed by atoms with van der Waals surface area (Å²) in [5.41, 5.74) is 2.50. The Morgan fingerprint density at radius 2 is 1.88 bits per heavy atom. The minimum atomic E-state index is 0.0165. The van der Waals surface area contributed by atoms with E-state index in [9.17, 15) is 0 Å². The highest BCUT2D eigenvalue weighted by atomic mass is 28.3. The molecular weight excluding hydrogens is 220 g/mol. The molecule has 0 atom stereocenters. The first-order valence-corrected chi connectivity index (χ1v) is 8.85. The molecular formula is C16H21Si. The van der Waals surface area contributed by atoms with Crippen LogP contribution >= 0.6 is 0 Å². The molecule has 17 heavy (non-hydrogen) atoms. The Hall–Kier alpha value is -1.00. The number of benzene rings is 1. The van der Waals surface area contributed by atoms with Crippen LogP contribution in [-0.2, 0) is 0 Å². The van der Waals surface area contributed by atoms with Crippen molar-refractivity contribution in [1.82, 2.24) is 0 Å². The van der Waals surface area contributed by atoms with Crippen molar-refractivity contribution in [2.24, 2.45) is 0 Å². The van der Waals surface area contributed by atoms with Crippen molar-refractivity contribution < 1.29 is 0 Å². The van der Waals surface area contributed by atoms with E-state index in [0.717, 1.165) is 11.5 Å². The fourth-order valence-corrected chi connectivity index (χ4v) is 5.78. The smallest absolute Gasteiger partial charge is 0.0479 e. The van der Waals surface area contributed by atoms with Gasteiger partial charge in [-0.25, -0.2) is 0 Å². The summed E-state index contributed by atoms with van der Waals surface area (Å²) in [5.74, 6) is 3.48. The molecule has 1 aliphatic heterocycles. The van der Waals surface area contributed by atoms with E-state index in [1.165, 1.54) is 43.0 Å². The Bertz CT molecular complexity index is 377. The second-order valence-electron chi connectivity index (χ2n) is 5.04. The first-order chi connectivity index (χ1) is 8.33. The predicted octanol–water partition coefficient (Wildman–Crippen LogP) is 4.45. The standard InChI is InChI=1S/C16H21Si/c1-3-11-17-12-9-16(10-13-17)15-7-5-14(4-2)6-8-15/h2,5-8,16H,3,9-13H2,1H3. The van der Waals surface area contributed by atoms with Crippen molar-refractivity contribution in [2.75, 3.05) is 0 Å². The highest BCUT2D eigenvalue weighted by Gasteiger charge is 2.22. The second-order valence-corrected chi connectivity index (χ2v) is 8.04. The van der Waals surface area contributed by atoms with Gasteiger partial charge in [0, 0.05) is 14.4 Å². The average Bonchev–Trinajstić information content (AvgIpc) is 2.40. The van der Waals surface area contributed by atoms with E-state index in [-0.39, 0.29) is 8.80 Å². The molecule has 0 spiro atoms. The van der Waals surface area contributed by atoms with Gasteiger partial charge in [-0.05, 0) is 36.5 Å². The van der Waals surface area contributed by atoms with Crippen LogP contribution in [0.5, 0.6) is 0 Å². The fraction of sp³-hybridized carbons (Fsp3) is 0.500. The molecule has 0 aliphatic carbocycles. The molecule has 1 fully saturated rings. The maximum Gasteiger partial charge on any atom is 0.0479 e. The molecule has 2 rings (SSSR count). The number of hydrogen-bond acceptors (Lipinski definition) is 0. The Morgan fingerprint density at radius 3 is 2.41 bits per heavy atom. The highest BCUT2D eigenvalue weighted by Crippen LogP contribution is 2.34. The van der Waals surface area contributed by atoms with E-state index >= 15 is 0 Å². The van der Waals surface area contributed by atoms with Crippen LogP contribution in [0.1, 0.15) is 43.2 Å². The first kappa shape index (κ1) is 12.5. The maximum atomic E-state index is 5.38. The largest absolute Gasteiger partial charge is 0.115 e. The van der Waals surface area contributed by atoms with E-state index in [2.05, 4.69) is 37.1 Å². The lowest BCUT2D eigenvalue weighted by molar-refractivity contribution is 0.606. The zero-order valence-corrected chi connectivity index (χ0v) is 11.7. The third kappa shape index (κ3) is 3.23. The summed E-state index contributed by atoms with van der Waals surface area (Å²) in [7, 11) is 0.0165. The molecule has 0 amide bonds. The molecule has 1 aliphatic rings. The number of rotatable bonds is 3. The van der Waals surface area contributed by atoms with Crippen LogP contribution in [0.15, 0.2) is 24.3 Å². The van der Waals surface area contributed by atoms with Crippen molar-refractivity contribution in [1.29, 1.82) is 0 Å². The van der Waals surface area contributed by atoms with Gasteiger partial charge in [0.05, 0.1) is 0 Å². The monoisotopic (exact) mass is 241 g/mol. The Morgan fingerprint density at radius 1 is 1.24 bits per heavy atom. The van der Waals surface area contributed by atoms with Gasteiger partial charge in [0.25, 0.3) is 0 Å². The highest BCUT2D eigenvalue weighted by molar-refractivity contribution is 6.59. The lowest BCUT2D eigenvalue weighted by Crippen LogP contribution is -2.19. The van der Waals surface area contributed by atoms with Crippen LogP contribution in [0, 0.1) is 12.3 Å². The SMILES string of the molecule is C#Cc1ccc(C2CC[Si](CCC)CC2)cc1. The van der Waals surface area contributed by atoms with Crippen LogP contribution in [0.25, 0.3) is 0 Å². The summed E-state index contributed by atoms with van der Waals surface area (Å²) in [6.45, 7) is 2.32. The molecule has 0 bridgehead atoms. The van der Waals surface area contributed by atoms with Crippen LogP contribution < -0.4 is 0 Å².